The Morgan fingerprint density at radius 2 is 1.58 bits per heavy atom. The Balaban J connectivity index is 1.96. The summed E-state index contributed by atoms with van der Waals surface area (Å²) in [7, 11) is -1.15. The third kappa shape index (κ3) is 3.11. The van der Waals surface area contributed by atoms with Crippen LogP contribution in [0.25, 0.3) is 33.5 Å². The number of pyridine rings is 1. The molecule has 26 heavy (non-hydrogen) atoms. The third-order valence-electron chi connectivity index (χ3n) is 4.05. The van der Waals surface area contributed by atoms with E-state index in [4.69, 9.17) is 11.6 Å². The molecule has 0 aliphatic rings. The Kier molecular flexibility index (Phi) is 4.49. The highest BCUT2D eigenvalue weighted by Gasteiger charge is 2.15. The minimum absolute atomic E-state index is 0.113. The molecular formula is C20H14ClN3OS. The van der Waals surface area contributed by atoms with Crippen LogP contribution in [0.15, 0.2) is 71.6 Å². The van der Waals surface area contributed by atoms with Gasteiger partial charge in [0.25, 0.3) is 0 Å². The van der Waals surface area contributed by atoms with Crippen molar-refractivity contribution in [3.05, 3.63) is 72.0 Å². The van der Waals surface area contributed by atoms with E-state index in [0.29, 0.717) is 16.2 Å². The predicted molar refractivity (Wildman–Crippen MR) is 106 cm³/mol. The van der Waals surface area contributed by atoms with Crippen molar-refractivity contribution in [3.8, 4) is 22.5 Å². The van der Waals surface area contributed by atoms with Crippen molar-refractivity contribution in [2.75, 3.05) is 6.26 Å². The highest BCUT2D eigenvalue weighted by Crippen LogP contribution is 2.31. The van der Waals surface area contributed by atoms with Gasteiger partial charge in [-0.1, -0.05) is 48.5 Å². The number of hydrogen-bond donors (Lipinski definition) is 0. The molecule has 2 aromatic carbocycles. The molecule has 0 radical (unpaired) electrons. The zero-order valence-corrected chi connectivity index (χ0v) is 15.5. The van der Waals surface area contributed by atoms with Gasteiger partial charge >= 0.3 is 0 Å². The normalized spacial score (nSPS) is 12.2. The van der Waals surface area contributed by atoms with Gasteiger partial charge in [-0.3, -0.25) is 4.21 Å². The van der Waals surface area contributed by atoms with E-state index in [2.05, 4.69) is 15.0 Å². The summed E-state index contributed by atoms with van der Waals surface area (Å²) >= 11 is 6.17. The van der Waals surface area contributed by atoms with E-state index in [0.717, 1.165) is 22.2 Å². The van der Waals surface area contributed by atoms with Crippen LogP contribution >= 0.6 is 11.6 Å². The summed E-state index contributed by atoms with van der Waals surface area (Å²) in [5.41, 5.74) is 3.74. The first-order valence-corrected chi connectivity index (χ1v) is 9.89. The van der Waals surface area contributed by atoms with Crippen molar-refractivity contribution < 1.29 is 4.21 Å². The molecular weight excluding hydrogens is 366 g/mol. The predicted octanol–water partition coefficient (Wildman–Crippen LogP) is 4.75. The Hall–Kier alpha value is -2.63. The van der Waals surface area contributed by atoms with Crippen LogP contribution in [0.5, 0.6) is 0 Å². The van der Waals surface area contributed by atoms with Gasteiger partial charge in [-0.2, -0.15) is 4.98 Å². The van der Waals surface area contributed by atoms with E-state index in [-0.39, 0.29) is 5.28 Å². The van der Waals surface area contributed by atoms with Crippen LogP contribution < -0.4 is 0 Å². The van der Waals surface area contributed by atoms with Crippen LogP contribution in [0, 0.1) is 0 Å². The maximum absolute atomic E-state index is 12.1. The van der Waals surface area contributed by atoms with Crippen LogP contribution in [0.4, 0.5) is 0 Å². The maximum Gasteiger partial charge on any atom is 0.225 e. The standard InChI is InChI=1S/C20H14ClN3OS/c1-26(25)17-10-6-5-9-14(17)18-15-11-12-16(13-7-3-2-4-8-13)22-19(15)24-20(21)23-18/h2-12H,1H3. The molecule has 0 aliphatic carbocycles. The quantitative estimate of drug-likeness (QED) is 0.482. The van der Waals surface area contributed by atoms with Crippen LogP contribution in [0.3, 0.4) is 0 Å². The molecule has 0 aliphatic heterocycles. The minimum atomic E-state index is -1.15. The van der Waals surface area contributed by atoms with Gasteiger partial charge in [-0.05, 0) is 29.8 Å². The van der Waals surface area contributed by atoms with Crippen LogP contribution in [0.2, 0.25) is 5.28 Å². The maximum atomic E-state index is 12.1. The van der Waals surface area contributed by atoms with Gasteiger partial charge in [0.15, 0.2) is 5.65 Å². The number of nitrogens with zero attached hydrogens (tertiary/aromatic N) is 3. The molecule has 128 valence electrons. The minimum Gasteiger partial charge on any atom is -0.255 e. The Bertz CT molecular complexity index is 1130. The SMILES string of the molecule is CS(=O)c1ccccc1-c1nc(Cl)nc2nc(-c3ccccc3)ccc12. The fourth-order valence-electron chi connectivity index (χ4n) is 2.87. The highest BCUT2D eigenvalue weighted by atomic mass is 35.5. The lowest BCUT2D eigenvalue weighted by atomic mass is 10.1. The first-order valence-electron chi connectivity index (χ1n) is 7.96. The van der Waals surface area contributed by atoms with Crippen LogP contribution in [-0.4, -0.2) is 25.4 Å². The van der Waals surface area contributed by atoms with Gasteiger partial charge in [0.1, 0.15) is 0 Å². The Morgan fingerprint density at radius 3 is 2.35 bits per heavy atom. The van der Waals surface area contributed by atoms with Gasteiger partial charge in [0, 0.05) is 27.7 Å². The lowest BCUT2D eigenvalue weighted by Crippen LogP contribution is -1.98. The zero-order valence-electron chi connectivity index (χ0n) is 13.9. The molecule has 0 bridgehead atoms. The van der Waals surface area contributed by atoms with E-state index in [1.165, 1.54) is 0 Å². The summed E-state index contributed by atoms with van der Waals surface area (Å²) in [6.45, 7) is 0. The lowest BCUT2D eigenvalue weighted by molar-refractivity contribution is 0.687. The number of hydrogen-bond acceptors (Lipinski definition) is 4. The molecule has 2 heterocycles. The van der Waals surface area contributed by atoms with E-state index >= 15 is 0 Å². The van der Waals surface area contributed by atoms with E-state index in [1.807, 2.05) is 66.7 Å². The molecule has 0 fully saturated rings. The average molecular weight is 380 g/mol. The molecule has 1 atom stereocenters. The second kappa shape index (κ2) is 6.94. The monoisotopic (exact) mass is 379 g/mol. The number of halogens is 1. The lowest BCUT2D eigenvalue weighted by Gasteiger charge is -2.10. The van der Waals surface area contributed by atoms with Crippen molar-refractivity contribution in [1.82, 2.24) is 15.0 Å². The van der Waals surface area contributed by atoms with Crippen molar-refractivity contribution >= 4 is 33.4 Å². The van der Waals surface area contributed by atoms with Crippen molar-refractivity contribution in [2.45, 2.75) is 4.90 Å². The number of aromatic nitrogens is 3. The zero-order chi connectivity index (χ0) is 18.1. The first-order chi connectivity index (χ1) is 12.6. The molecule has 4 nitrogen and oxygen atoms in total. The van der Waals surface area contributed by atoms with Crippen LogP contribution in [-0.2, 0) is 10.8 Å². The molecule has 4 aromatic rings. The highest BCUT2D eigenvalue weighted by molar-refractivity contribution is 7.84. The van der Waals surface area contributed by atoms with Gasteiger partial charge in [-0.15, -0.1) is 0 Å². The molecule has 1 unspecified atom stereocenters. The summed E-state index contributed by atoms with van der Waals surface area (Å²) < 4.78 is 12.1. The molecule has 4 rings (SSSR count). The Morgan fingerprint density at radius 1 is 0.846 bits per heavy atom. The van der Waals surface area contributed by atoms with Gasteiger partial charge in [0.2, 0.25) is 5.28 Å². The van der Waals surface area contributed by atoms with Crippen LogP contribution in [0.1, 0.15) is 0 Å². The van der Waals surface area contributed by atoms with E-state index < -0.39 is 10.8 Å². The second-order valence-electron chi connectivity index (χ2n) is 5.73. The fraction of sp³-hybridized carbons (Fsp3) is 0.0500. The molecule has 0 saturated carbocycles. The topological polar surface area (TPSA) is 55.7 Å². The molecule has 6 heteroatoms. The van der Waals surface area contributed by atoms with Crippen molar-refractivity contribution in [2.24, 2.45) is 0 Å². The summed E-state index contributed by atoms with van der Waals surface area (Å²) in [4.78, 5) is 14.0. The second-order valence-corrected chi connectivity index (χ2v) is 7.41. The summed E-state index contributed by atoms with van der Waals surface area (Å²) in [6.07, 6.45) is 1.65. The van der Waals surface area contributed by atoms with Gasteiger partial charge in [-0.25, -0.2) is 9.97 Å². The average Bonchev–Trinajstić information content (AvgIpc) is 2.67. The van der Waals surface area contributed by atoms with E-state index in [1.54, 1.807) is 6.26 Å². The summed E-state index contributed by atoms with van der Waals surface area (Å²) in [5, 5.41) is 0.883. The molecule has 0 saturated heterocycles. The van der Waals surface area contributed by atoms with Gasteiger partial charge < -0.3 is 0 Å². The fourth-order valence-corrected chi connectivity index (χ4v) is 3.78. The van der Waals surface area contributed by atoms with Gasteiger partial charge in [0.05, 0.1) is 22.2 Å². The third-order valence-corrected chi connectivity index (χ3v) is 5.20. The number of benzene rings is 2. The molecule has 0 N–H and O–H groups in total. The largest absolute Gasteiger partial charge is 0.255 e. The van der Waals surface area contributed by atoms with E-state index in [9.17, 15) is 4.21 Å². The first kappa shape index (κ1) is 16.8. The number of fused-ring (bicyclic) bond motifs is 1. The van der Waals surface area contributed by atoms with Crippen molar-refractivity contribution in [1.29, 1.82) is 0 Å². The number of rotatable bonds is 3. The van der Waals surface area contributed by atoms with Crippen molar-refractivity contribution in [3.63, 3.8) is 0 Å². The summed E-state index contributed by atoms with van der Waals surface area (Å²) in [5.74, 6) is 0. The molecule has 0 spiro atoms. The Labute approximate surface area is 158 Å². The molecule has 0 amide bonds. The smallest absolute Gasteiger partial charge is 0.225 e. The molecule has 2 aromatic heterocycles. The summed E-state index contributed by atoms with van der Waals surface area (Å²) in [6, 6.07) is 21.2.